The Labute approximate surface area is 162 Å². The van der Waals surface area contributed by atoms with Crippen LogP contribution < -0.4 is 5.32 Å². The molecule has 1 aliphatic rings. The molecule has 0 radical (unpaired) electrons. The second-order valence-electron chi connectivity index (χ2n) is 6.74. The van der Waals surface area contributed by atoms with Crippen molar-refractivity contribution in [2.75, 3.05) is 6.54 Å². The van der Waals surface area contributed by atoms with Crippen molar-refractivity contribution >= 4 is 17.9 Å². The third-order valence-corrected chi connectivity index (χ3v) is 4.72. The van der Waals surface area contributed by atoms with E-state index in [1.807, 2.05) is 25.1 Å². The summed E-state index contributed by atoms with van der Waals surface area (Å²) in [5.41, 5.74) is 1.38. The van der Waals surface area contributed by atoms with Crippen molar-refractivity contribution in [3.05, 3.63) is 70.8 Å². The summed E-state index contributed by atoms with van der Waals surface area (Å²) >= 11 is 0. The molecule has 3 amide bonds. The van der Waals surface area contributed by atoms with Gasteiger partial charge in [-0.3, -0.25) is 14.5 Å². The number of esters is 1. The smallest absolute Gasteiger partial charge is 0.326 e. The van der Waals surface area contributed by atoms with Gasteiger partial charge in [-0.2, -0.15) is 5.26 Å². The molecule has 142 valence electrons. The van der Waals surface area contributed by atoms with Crippen LogP contribution in [0.4, 0.5) is 4.79 Å². The molecule has 7 heteroatoms. The summed E-state index contributed by atoms with van der Waals surface area (Å²) in [7, 11) is 0. The zero-order valence-corrected chi connectivity index (χ0v) is 15.6. The Morgan fingerprint density at radius 3 is 2.54 bits per heavy atom. The van der Waals surface area contributed by atoms with Crippen LogP contribution in [0.15, 0.2) is 48.5 Å². The predicted molar refractivity (Wildman–Crippen MR) is 99.7 cm³/mol. The van der Waals surface area contributed by atoms with E-state index in [1.54, 1.807) is 43.3 Å². The van der Waals surface area contributed by atoms with Crippen LogP contribution in [0.25, 0.3) is 0 Å². The van der Waals surface area contributed by atoms with Gasteiger partial charge in [-0.1, -0.05) is 48.0 Å². The highest BCUT2D eigenvalue weighted by Crippen LogP contribution is 2.29. The molecule has 1 fully saturated rings. The molecule has 1 aliphatic heterocycles. The first-order chi connectivity index (χ1) is 13.3. The van der Waals surface area contributed by atoms with Crippen molar-refractivity contribution in [1.29, 1.82) is 5.26 Å². The number of hydrogen-bond acceptors (Lipinski definition) is 5. The standard InChI is InChI=1S/C21H19N3O4/c1-14-7-9-17(10-8-14)21(2)19(26)24(20(27)23-21)12-18(25)28-13-16-6-4-3-5-15(16)11-22/h3-10H,12-13H2,1-2H3,(H,23,27)/t21-/m1/s1. The minimum absolute atomic E-state index is 0.110. The molecule has 0 aliphatic carbocycles. The van der Waals surface area contributed by atoms with Gasteiger partial charge in [-0.25, -0.2) is 4.79 Å². The molecule has 0 spiro atoms. The molecule has 1 N–H and O–H groups in total. The maximum absolute atomic E-state index is 12.8. The highest BCUT2D eigenvalue weighted by molar-refractivity contribution is 6.08. The number of hydrogen-bond donors (Lipinski definition) is 1. The maximum atomic E-state index is 12.8. The first kappa shape index (κ1) is 19.1. The van der Waals surface area contributed by atoms with Gasteiger partial charge in [0.15, 0.2) is 0 Å². The van der Waals surface area contributed by atoms with Crippen LogP contribution in [0.3, 0.4) is 0 Å². The molecule has 1 heterocycles. The zero-order chi connectivity index (χ0) is 20.3. The van der Waals surface area contributed by atoms with Crippen LogP contribution in [0, 0.1) is 18.3 Å². The highest BCUT2D eigenvalue weighted by atomic mass is 16.5. The number of imide groups is 1. The summed E-state index contributed by atoms with van der Waals surface area (Å²) in [5, 5.41) is 11.7. The van der Waals surface area contributed by atoms with Crippen molar-refractivity contribution in [3.8, 4) is 6.07 Å². The third kappa shape index (κ3) is 3.58. The third-order valence-electron chi connectivity index (χ3n) is 4.72. The molecule has 0 bridgehead atoms. The van der Waals surface area contributed by atoms with Gasteiger partial charge in [0.25, 0.3) is 5.91 Å². The van der Waals surface area contributed by atoms with E-state index in [4.69, 9.17) is 10.00 Å². The van der Waals surface area contributed by atoms with Gasteiger partial charge in [0.05, 0.1) is 11.6 Å². The molecule has 0 unspecified atom stereocenters. The fraction of sp³-hybridized carbons (Fsp3) is 0.238. The van der Waals surface area contributed by atoms with Crippen LogP contribution in [-0.2, 0) is 26.5 Å². The van der Waals surface area contributed by atoms with E-state index in [9.17, 15) is 14.4 Å². The summed E-state index contributed by atoms with van der Waals surface area (Å²) < 4.78 is 5.15. The molecule has 7 nitrogen and oxygen atoms in total. The number of rotatable bonds is 5. The molecule has 0 saturated carbocycles. The Morgan fingerprint density at radius 1 is 1.18 bits per heavy atom. The Morgan fingerprint density at radius 2 is 1.86 bits per heavy atom. The van der Waals surface area contributed by atoms with Gasteiger partial charge in [-0.05, 0) is 25.5 Å². The monoisotopic (exact) mass is 377 g/mol. The van der Waals surface area contributed by atoms with Gasteiger partial charge in [-0.15, -0.1) is 0 Å². The highest BCUT2D eigenvalue weighted by Gasteiger charge is 2.49. The Bertz CT molecular complexity index is 978. The molecule has 1 atom stereocenters. The molecular weight excluding hydrogens is 358 g/mol. The van der Waals surface area contributed by atoms with Gasteiger partial charge >= 0.3 is 12.0 Å². The van der Waals surface area contributed by atoms with Crippen LogP contribution in [0.1, 0.15) is 29.2 Å². The number of benzene rings is 2. The number of urea groups is 1. The molecule has 2 aromatic rings. The maximum Gasteiger partial charge on any atom is 0.326 e. The summed E-state index contributed by atoms with van der Waals surface area (Å²) in [5.74, 6) is -1.25. The van der Waals surface area contributed by atoms with Crippen molar-refractivity contribution in [2.24, 2.45) is 0 Å². The average molecular weight is 377 g/mol. The minimum Gasteiger partial charge on any atom is -0.459 e. The van der Waals surface area contributed by atoms with Gasteiger partial charge in [0.1, 0.15) is 18.7 Å². The molecule has 1 saturated heterocycles. The number of nitrogens with zero attached hydrogens (tertiary/aromatic N) is 2. The molecule has 28 heavy (non-hydrogen) atoms. The SMILES string of the molecule is Cc1ccc([C@@]2(C)NC(=O)N(CC(=O)OCc3ccccc3C#N)C2=O)cc1. The Kier molecular flexibility index (Phi) is 5.14. The largest absolute Gasteiger partial charge is 0.459 e. The number of aryl methyl sites for hydroxylation is 1. The first-order valence-electron chi connectivity index (χ1n) is 8.70. The number of carbonyl (C=O) groups is 3. The van der Waals surface area contributed by atoms with Gasteiger partial charge in [0, 0.05) is 5.56 Å². The van der Waals surface area contributed by atoms with E-state index >= 15 is 0 Å². The van der Waals surface area contributed by atoms with E-state index in [1.165, 1.54) is 0 Å². The van der Waals surface area contributed by atoms with E-state index in [-0.39, 0.29) is 6.61 Å². The van der Waals surface area contributed by atoms with E-state index < -0.39 is 30.0 Å². The van der Waals surface area contributed by atoms with E-state index in [0.717, 1.165) is 10.5 Å². The van der Waals surface area contributed by atoms with Crippen molar-refractivity contribution in [1.82, 2.24) is 10.2 Å². The van der Waals surface area contributed by atoms with Crippen LogP contribution in [0.2, 0.25) is 0 Å². The second-order valence-corrected chi connectivity index (χ2v) is 6.74. The number of ether oxygens (including phenoxy) is 1. The number of carbonyl (C=O) groups excluding carboxylic acids is 3. The van der Waals surface area contributed by atoms with Crippen molar-refractivity contribution in [3.63, 3.8) is 0 Å². The Balaban J connectivity index is 1.68. The lowest BCUT2D eigenvalue weighted by Crippen LogP contribution is -2.41. The molecular formula is C21H19N3O4. The second kappa shape index (κ2) is 7.53. The number of nitriles is 1. The van der Waals surface area contributed by atoms with E-state index in [0.29, 0.717) is 16.7 Å². The van der Waals surface area contributed by atoms with Crippen LogP contribution in [-0.4, -0.2) is 29.4 Å². The van der Waals surface area contributed by atoms with Crippen molar-refractivity contribution < 1.29 is 19.1 Å². The van der Waals surface area contributed by atoms with Crippen LogP contribution in [0.5, 0.6) is 0 Å². The lowest BCUT2D eigenvalue weighted by Gasteiger charge is -2.22. The lowest BCUT2D eigenvalue weighted by molar-refractivity contribution is -0.148. The normalized spacial score (nSPS) is 18.5. The topological polar surface area (TPSA) is 99.5 Å². The summed E-state index contributed by atoms with van der Waals surface area (Å²) in [6.07, 6.45) is 0. The van der Waals surface area contributed by atoms with Crippen LogP contribution >= 0.6 is 0 Å². The summed E-state index contributed by atoms with van der Waals surface area (Å²) in [4.78, 5) is 38.1. The first-order valence-corrected chi connectivity index (χ1v) is 8.70. The average Bonchev–Trinajstić information content (AvgIpc) is 2.91. The number of nitrogens with one attached hydrogen (secondary N) is 1. The Hall–Kier alpha value is -3.66. The fourth-order valence-corrected chi connectivity index (χ4v) is 3.01. The van der Waals surface area contributed by atoms with Gasteiger partial charge in [0.2, 0.25) is 0 Å². The van der Waals surface area contributed by atoms with Gasteiger partial charge < -0.3 is 10.1 Å². The molecule has 2 aromatic carbocycles. The molecule has 0 aromatic heterocycles. The lowest BCUT2D eigenvalue weighted by atomic mass is 9.91. The van der Waals surface area contributed by atoms with Crippen molar-refractivity contribution in [2.45, 2.75) is 26.0 Å². The number of amides is 3. The summed E-state index contributed by atoms with van der Waals surface area (Å²) in [6.45, 7) is 2.92. The predicted octanol–water partition coefficient (Wildman–Crippen LogP) is 2.38. The minimum atomic E-state index is -1.24. The zero-order valence-electron chi connectivity index (χ0n) is 15.6. The van der Waals surface area contributed by atoms with E-state index in [2.05, 4.69) is 5.32 Å². The summed E-state index contributed by atoms with van der Waals surface area (Å²) in [6, 6.07) is 15.3. The quantitative estimate of drug-likeness (QED) is 0.637. The molecule has 3 rings (SSSR count). The fourth-order valence-electron chi connectivity index (χ4n) is 3.01.